The predicted molar refractivity (Wildman–Crippen MR) is 121 cm³/mol. The minimum atomic E-state index is -4.67. The van der Waals surface area contributed by atoms with E-state index in [0.29, 0.717) is 29.1 Å². The Labute approximate surface area is 206 Å². The Kier molecular flexibility index (Phi) is 6.96. The number of nitrogens with one attached hydrogen (secondary N) is 1. The third-order valence-corrected chi connectivity index (χ3v) is 5.27. The van der Waals surface area contributed by atoms with Crippen molar-refractivity contribution in [3.05, 3.63) is 82.8 Å². The van der Waals surface area contributed by atoms with Crippen molar-refractivity contribution in [3.63, 3.8) is 0 Å². The van der Waals surface area contributed by atoms with Crippen LogP contribution in [0.3, 0.4) is 0 Å². The first-order valence-corrected chi connectivity index (χ1v) is 10.7. The maximum absolute atomic E-state index is 13.7. The highest BCUT2D eigenvalue weighted by Crippen LogP contribution is 2.27. The number of rotatable bonds is 6. The molecule has 1 saturated heterocycles. The number of amides is 1. The quantitative estimate of drug-likeness (QED) is 0.294. The zero-order valence-corrected chi connectivity index (χ0v) is 19.4. The van der Waals surface area contributed by atoms with Crippen LogP contribution in [0.1, 0.15) is 16.8 Å². The second-order valence-electron chi connectivity index (χ2n) is 8.06. The zero-order chi connectivity index (χ0) is 26.9. The predicted octanol–water partition coefficient (Wildman–Crippen LogP) is 4.50. The van der Waals surface area contributed by atoms with Gasteiger partial charge in [0, 0.05) is 6.20 Å². The van der Waals surface area contributed by atoms with Crippen molar-refractivity contribution in [1.29, 1.82) is 0 Å². The number of imidazole rings is 1. The average molecular weight is 523 g/mol. The molecule has 1 aliphatic heterocycles. The molecule has 1 aromatic heterocycles. The summed E-state index contributed by atoms with van der Waals surface area (Å²) < 4.78 is 86.2. The van der Waals surface area contributed by atoms with Crippen molar-refractivity contribution in [2.45, 2.75) is 19.6 Å². The molecule has 0 atom stereocenters. The minimum absolute atomic E-state index is 0.141. The van der Waals surface area contributed by atoms with Crippen LogP contribution in [0.4, 0.5) is 26.3 Å². The first-order valence-electron chi connectivity index (χ1n) is 10.7. The van der Waals surface area contributed by atoms with Crippen LogP contribution >= 0.6 is 0 Å². The Morgan fingerprint density at radius 2 is 1.84 bits per heavy atom. The van der Waals surface area contributed by atoms with Gasteiger partial charge in [0.1, 0.15) is 18.0 Å². The highest BCUT2D eigenvalue weighted by molar-refractivity contribution is 6.15. The zero-order valence-electron chi connectivity index (χ0n) is 19.4. The van der Waals surface area contributed by atoms with Crippen molar-refractivity contribution < 1.29 is 35.9 Å². The van der Waals surface area contributed by atoms with Crippen molar-refractivity contribution in [3.8, 4) is 11.4 Å². The van der Waals surface area contributed by atoms with E-state index in [1.54, 1.807) is 35.3 Å². The summed E-state index contributed by atoms with van der Waals surface area (Å²) in [4.78, 5) is 21.4. The number of carbonyl (C=O) groups is 1. The first-order chi connectivity index (χ1) is 17.4. The molecule has 2 aromatic carbocycles. The fourth-order valence-corrected chi connectivity index (χ4v) is 3.62. The molecule has 0 radical (unpaired) electrons. The maximum Gasteiger partial charge on any atom is 0.408 e. The van der Waals surface area contributed by atoms with Crippen LogP contribution in [-0.4, -0.2) is 46.1 Å². The Balaban J connectivity index is 1.67. The van der Waals surface area contributed by atoms with Crippen LogP contribution in [0.25, 0.3) is 11.8 Å². The number of alkyl halides is 3. The molecule has 0 bridgehead atoms. The number of aliphatic imine (C=N–C) groups is 1. The normalized spacial score (nSPS) is 16.1. The molecule has 13 heteroatoms. The highest BCUT2D eigenvalue weighted by atomic mass is 19.4. The first kappa shape index (κ1) is 25.8. The smallest absolute Gasteiger partial charge is 0.408 e. The number of aryl methyl sites for hydroxylation is 1. The van der Waals surface area contributed by atoms with Crippen LogP contribution in [-0.2, 0) is 11.3 Å². The number of methoxy groups -OCH3 is 1. The minimum Gasteiger partial charge on any atom is -0.495 e. The monoisotopic (exact) mass is 523 g/mol. The molecule has 0 saturated carbocycles. The van der Waals surface area contributed by atoms with Gasteiger partial charge in [-0.2, -0.15) is 13.2 Å². The molecule has 194 valence electrons. The van der Waals surface area contributed by atoms with E-state index in [1.165, 1.54) is 13.2 Å². The molecular weight excluding hydrogens is 504 g/mol. The lowest BCUT2D eigenvalue weighted by molar-refractivity contribution is -0.123. The van der Waals surface area contributed by atoms with Crippen molar-refractivity contribution >= 4 is 17.9 Å². The van der Waals surface area contributed by atoms with Gasteiger partial charge < -0.3 is 14.6 Å². The number of guanidine groups is 1. The summed E-state index contributed by atoms with van der Waals surface area (Å²) in [5.74, 6) is -5.56. The van der Waals surface area contributed by atoms with Gasteiger partial charge in [-0.05, 0) is 48.4 Å². The van der Waals surface area contributed by atoms with E-state index in [-0.39, 0.29) is 11.3 Å². The number of hydrogen-bond acceptors (Lipinski definition) is 4. The van der Waals surface area contributed by atoms with Crippen molar-refractivity contribution in [2.75, 3.05) is 13.7 Å². The van der Waals surface area contributed by atoms with Gasteiger partial charge >= 0.3 is 6.18 Å². The van der Waals surface area contributed by atoms with E-state index >= 15 is 0 Å². The van der Waals surface area contributed by atoms with E-state index in [4.69, 9.17) is 4.74 Å². The summed E-state index contributed by atoms with van der Waals surface area (Å²) in [6, 6.07) is 6.25. The van der Waals surface area contributed by atoms with Gasteiger partial charge in [0.2, 0.25) is 5.96 Å². The van der Waals surface area contributed by atoms with Crippen LogP contribution < -0.4 is 10.1 Å². The topological polar surface area (TPSA) is 71.8 Å². The second-order valence-corrected chi connectivity index (χ2v) is 8.06. The van der Waals surface area contributed by atoms with Crippen LogP contribution in [0, 0.1) is 24.4 Å². The molecule has 2 heterocycles. The van der Waals surface area contributed by atoms with Gasteiger partial charge in [0.05, 0.1) is 31.4 Å². The molecule has 1 aliphatic rings. The highest BCUT2D eigenvalue weighted by Gasteiger charge is 2.34. The third kappa shape index (κ3) is 5.76. The SMILES string of the molecule is COc1cc(C=C2NC(=NCC(F)(F)F)N(Cc3cc(F)c(F)c(F)c3)C2=O)ccc1-n1cnc(C)c1. The Morgan fingerprint density at radius 1 is 1.14 bits per heavy atom. The Bertz CT molecular complexity index is 1390. The number of aromatic nitrogens is 2. The summed E-state index contributed by atoms with van der Waals surface area (Å²) in [5.41, 5.74) is 1.57. The molecule has 0 spiro atoms. The van der Waals surface area contributed by atoms with Crippen LogP contribution in [0.2, 0.25) is 0 Å². The van der Waals surface area contributed by atoms with Crippen LogP contribution in [0.5, 0.6) is 5.75 Å². The van der Waals surface area contributed by atoms with E-state index in [1.807, 2.05) is 6.92 Å². The maximum atomic E-state index is 13.7. The Hall–Kier alpha value is -4.29. The molecule has 7 nitrogen and oxygen atoms in total. The van der Waals surface area contributed by atoms with E-state index in [2.05, 4.69) is 15.3 Å². The summed E-state index contributed by atoms with van der Waals surface area (Å²) in [6.07, 6.45) is 0.0672. The van der Waals surface area contributed by atoms with Gasteiger partial charge in [0.15, 0.2) is 17.5 Å². The molecular formula is C24H19F6N5O2. The lowest BCUT2D eigenvalue weighted by Crippen LogP contribution is -2.33. The molecule has 1 N–H and O–H groups in total. The van der Waals surface area contributed by atoms with E-state index in [0.717, 1.165) is 10.6 Å². The molecule has 0 unspecified atom stereocenters. The number of nitrogens with zero attached hydrogens (tertiary/aromatic N) is 4. The molecule has 4 rings (SSSR count). The summed E-state index contributed by atoms with van der Waals surface area (Å²) in [6.45, 7) is -0.348. The number of ether oxygens (including phenoxy) is 1. The van der Waals surface area contributed by atoms with Gasteiger partial charge in [-0.25, -0.2) is 23.1 Å². The third-order valence-electron chi connectivity index (χ3n) is 5.27. The molecule has 1 fully saturated rings. The summed E-state index contributed by atoms with van der Waals surface area (Å²) >= 11 is 0. The Morgan fingerprint density at radius 3 is 2.43 bits per heavy atom. The molecule has 37 heavy (non-hydrogen) atoms. The molecule has 3 aromatic rings. The second kappa shape index (κ2) is 9.99. The fourth-order valence-electron chi connectivity index (χ4n) is 3.62. The molecule has 1 amide bonds. The van der Waals surface area contributed by atoms with Gasteiger partial charge in [-0.15, -0.1) is 0 Å². The number of carbonyl (C=O) groups excluding carboxylic acids is 1. The lowest BCUT2D eigenvalue weighted by atomic mass is 10.1. The number of halogens is 6. The van der Waals surface area contributed by atoms with Crippen molar-refractivity contribution in [2.24, 2.45) is 4.99 Å². The average Bonchev–Trinajstić information content (AvgIpc) is 3.39. The van der Waals surface area contributed by atoms with E-state index < -0.39 is 48.6 Å². The van der Waals surface area contributed by atoms with Crippen molar-refractivity contribution in [1.82, 2.24) is 19.8 Å². The standard InChI is InChI=1S/C24H19F6N5O2/c1-13-9-34(12-32-13)19-4-3-14(8-20(19)37-2)7-18-22(36)35(23(33-18)31-11-24(28,29)30)10-15-5-16(25)21(27)17(26)6-15/h3-9,12H,10-11H2,1-2H3,(H,31,33). The number of benzene rings is 2. The van der Waals surface area contributed by atoms with Gasteiger partial charge in [-0.3, -0.25) is 9.69 Å². The lowest BCUT2D eigenvalue weighted by Gasteiger charge is -2.16. The van der Waals surface area contributed by atoms with Crippen LogP contribution in [0.15, 0.2) is 53.5 Å². The summed E-state index contributed by atoms with van der Waals surface area (Å²) in [7, 11) is 1.45. The molecule has 0 aliphatic carbocycles. The fraction of sp³-hybridized carbons (Fsp3) is 0.208. The van der Waals surface area contributed by atoms with E-state index in [9.17, 15) is 31.1 Å². The summed E-state index contributed by atoms with van der Waals surface area (Å²) in [5, 5.41) is 2.53. The van der Waals surface area contributed by atoms with Gasteiger partial charge in [-0.1, -0.05) is 6.07 Å². The van der Waals surface area contributed by atoms with Gasteiger partial charge in [0.25, 0.3) is 5.91 Å². The largest absolute Gasteiger partial charge is 0.495 e. The number of hydrogen-bond donors (Lipinski definition) is 1.